The zero-order valence-corrected chi connectivity index (χ0v) is 17.9. The lowest BCUT2D eigenvalue weighted by molar-refractivity contribution is -0.384. The first-order valence-electron chi connectivity index (χ1n) is 9.59. The quantitative estimate of drug-likeness (QED) is 0.219. The van der Waals surface area contributed by atoms with Crippen LogP contribution in [0.3, 0.4) is 0 Å². The monoisotopic (exact) mass is 432 g/mol. The van der Waals surface area contributed by atoms with Gasteiger partial charge in [-0.2, -0.15) is 0 Å². The van der Waals surface area contributed by atoms with E-state index in [1.165, 1.54) is 17.8 Å². The first-order valence-corrected chi connectivity index (χ1v) is 10.6. The summed E-state index contributed by atoms with van der Waals surface area (Å²) in [4.78, 5) is 10.7. The van der Waals surface area contributed by atoms with Gasteiger partial charge in [0.1, 0.15) is 5.75 Å². The highest BCUT2D eigenvalue weighted by molar-refractivity contribution is 7.98. The summed E-state index contributed by atoms with van der Waals surface area (Å²) in [5.74, 6) is 1.90. The fourth-order valence-corrected chi connectivity index (χ4v) is 4.10. The lowest BCUT2D eigenvalue weighted by Gasteiger charge is -2.12. The number of non-ortho nitro benzene ring substituents is 1. The molecule has 3 aromatic carbocycles. The molecule has 0 saturated carbocycles. The topological polar surface area (TPSA) is 83.1 Å². The number of benzene rings is 3. The fourth-order valence-electron chi connectivity index (χ4n) is 3.20. The van der Waals surface area contributed by atoms with Crippen molar-refractivity contribution in [2.24, 2.45) is 0 Å². The first-order chi connectivity index (χ1) is 15.1. The Labute approximate surface area is 183 Å². The molecular formula is C23H20N4O3S. The van der Waals surface area contributed by atoms with Crippen LogP contribution < -0.4 is 4.74 Å². The van der Waals surface area contributed by atoms with Crippen LogP contribution in [-0.2, 0) is 5.75 Å². The Morgan fingerprint density at radius 1 is 1.03 bits per heavy atom. The molecule has 156 valence electrons. The number of nitrogens with zero attached hydrogens (tertiary/aromatic N) is 4. The summed E-state index contributed by atoms with van der Waals surface area (Å²) in [6, 6.07) is 22.4. The van der Waals surface area contributed by atoms with E-state index in [1.54, 1.807) is 19.2 Å². The number of thioether (sulfide) groups is 1. The first kappa shape index (κ1) is 20.6. The minimum Gasteiger partial charge on any atom is -0.496 e. The molecule has 0 aliphatic rings. The second-order valence-corrected chi connectivity index (χ2v) is 7.84. The highest BCUT2D eigenvalue weighted by Crippen LogP contribution is 2.34. The Bertz CT molecular complexity index is 1220. The van der Waals surface area contributed by atoms with Crippen molar-refractivity contribution in [3.05, 3.63) is 94.0 Å². The van der Waals surface area contributed by atoms with Gasteiger partial charge in [-0.3, -0.25) is 14.7 Å². The zero-order valence-electron chi connectivity index (χ0n) is 17.1. The van der Waals surface area contributed by atoms with E-state index in [4.69, 9.17) is 4.74 Å². The molecule has 4 aromatic rings. The van der Waals surface area contributed by atoms with Crippen LogP contribution >= 0.6 is 11.8 Å². The fraction of sp³-hybridized carbons (Fsp3) is 0.130. The molecule has 0 aliphatic carbocycles. The van der Waals surface area contributed by atoms with E-state index in [-0.39, 0.29) is 10.6 Å². The Balaban J connectivity index is 1.74. The molecule has 0 bridgehead atoms. The van der Waals surface area contributed by atoms with Crippen LogP contribution in [0.5, 0.6) is 5.75 Å². The maximum Gasteiger partial charge on any atom is 0.269 e. The van der Waals surface area contributed by atoms with Crippen molar-refractivity contribution in [2.75, 3.05) is 7.11 Å². The number of para-hydroxylation sites is 1. The third-order valence-electron chi connectivity index (χ3n) is 4.76. The molecule has 1 aromatic heterocycles. The average Bonchev–Trinajstić information content (AvgIpc) is 3.22. The summed E-state index contributed by atoms with van der Waals surface area (Å²) >= 11 is 1.47. The minimum absolute atomic E-state index is 0.0767. The molecule has 8 heteroatoms. The molecule has 0 N–H and O–H groups in total. The normalized spacial score (nSPS) is 10.8. The Morgan fingerprint density at radius 3 is 2.55 bits per heavy atom. The minimum atomic E-state index is -0.386. The Hall–Kier alpha value is -3.65. The molecule has 1 heterocycles. The smallest absolute Gasteiger partial charge is 0.269 e. The number of nitro benzene ring substituents is 1. The van der Waals surface area contributed by atoms with Crippen molar-refractivity contribution >= 4 is 17.4 Å². The number of aryl methyl sites for hydroxylation is 1. The summed E-state index contributed by atoms with van der Waals surface area (Å²) in [5.41, 5.74) is 3.84. The molecule has 0 radical (unpaired) electrons. The van der Waals surface area contributed by atoms with E-state index in [0.29, 0.717) is 22.5 Å². The van der Waals surface area contributed by atoms with Gasteiger partial charge in [0.25, 0.3) is 5.69 Å². The second-order valence-electron chi connectivity index (χ2n) is 6.89. The second kappa shape index (κ2) is 9.01. The maximum absolute atomic E-state index is 11.1. The van der Waals surface area contributed by atoms with Crippen molar-refractivity contribution in [1.29, 1.82) is 0 Å². The van der Waals surface area contributed by atoms with Gasteiger partial charge < -0.3 is 4.74 Å². The number of methoxy groups -OCH3 is 1. The van der Waals surface area contributed by atoms with Gasteiger partial charge in [-0.15, -0.1) is 10.2 Å². The van der Waals surface area contributed by atoms with Gasteiger partial charge in [0.15, 0.2) is 11.0 Å². The van der Waals surface area contributed by atoms with E-state index in [2.05, 4.69) is 10.2 Å². The summed E-state index contributed by atoms with van der Waals surface area (Å²) in [6.07, 6.45) is 0. The molecule has 7 nitrogen and oxygen atoms in total. The van der Waals surface area contributed by atoms with E-state index in [1.807, 2.05) is 66.1 Å². The molecule has 0 aliphatic heterocycles. The standard InChI is InChI=1S/C23H20N4O3S/c1-16-10-12-18(13-11-16)26-22(20-8-3-4-9-21(20)30-2)24-25-23(26)31-15-17-6-5-7-19(14-17)27(28)29/h3-14H,15H2,1-2H3. The van der Waals surface area contributed by atoms with E-state index in [0.717, 1.165) is 22.4 Å². The Morgan fingerprint density at radius 2 is 1.81 bits per heavy atom. The van der Waals surface area contributed by atoms with Crippen LogP contribution in [0.1, 0.15) is 11.1 Å². The van der Waals surface area contributed by atoms with Crippen LogP contribution in [0.4, 0.5) is 5.69 Å². The summed E-state index contributed by atoms with van der Waals surface area (Å²) in [6.45, 7) is 2.04. The largest absolute Gasteiger partial charge is 0.496 e. The van der Waals surface area contributed by atoms with Gasteiger partial charge in [0.2, 0.25) is 0 Å². The van der Waals surface area contributed by atoms with Crippen molar-refractivity contribution in [1.82, 2.24) is 14.8 Å². The molecule has 31 heavy (non-hydrogen) atoms. The van der Waals surface area contributed by atoms with Crippen LogP contribution in [0, 0.1) is 17.0 Å². The highest BCUT2D eigenvalue weighted by atomic mass is 32.2. The summed E-state index contributed by atoms with van der Waals surface area (Å²) < 4.78 is 7.52. The predicted octanol–water partition coefficient (Wildman–Crippen LogP) is 5.45. The third-order valence-corrected chi connectivity index (χ3v) is 5.76. The number of aromatic nitrogens is 3. The molecular weight excluding hydrogens is 412 g/mol. The number of ether oxygens (including phenoxy) is 1. The molecule has 0 amide bonds. The van der Waals surface area contributed by atoms with Gasteiger partial charge in [0.05, 0.1) is 17.6 Å². The summed E-state index contributed by atoms with van der Waals surface area (Å²) in [5, 5.41) is 20.6. The maximum atomic E-state index is 11.1. The number of rotatable bonds is 7. The molecule has 0 spiro atoms. The molecule has 4 rings (SSSR count). The lowest BCUT2D eigenvalue weighted by atomic mass is 10.1. The molecule has 0 atom stereocenters. The van der Waals surface area contributed by atoms with E-state index in [9.17, 15) is 10.1 Å². The van der Waals surface area contributed by atoms with Gasteiger partial charge in [-0.05, 0) is 36.8 Å². The van der Waals surface area contributed by atoms with Crippen LogP contribution in [0.2, 0.25) is 0 Å². The van der Waals surface area contributed by atoms with Crippen molar-refractivity contribution in [3.63, 3.8) is 0 Å². The van der Waals surface area contributed by atoms with Gasteiger partial charge in [-0.25, -0.2) is 0 Å². The zero-order chi connectivity index (χ0) is 21.8. The van der Waals surface area contributed by atoms with Crippen molar-refractivity contribution in [2.45, 2.75) is 17.8 Å². The van der Waals surface area contributed by atoms with Gasteiger partial charge >= 0.3 is 0 Å². The third kappa shape index (κ3) is 4.44. The molecule has 0 unspecified atom stereocenters. The highest BCUT2D eigenvalue weighted by Gasteiger charge is 2.19. The number of hydrogen-bond donors (Lipinski definition) is 0. The lowest BCUT2D eigenvalue weighted by Crippen LogP contribution is -2.01. The van der Waals surface area contributed by atoms with E-state index >= 15 is 0 Å². The average molecular weight is 433 g/mol. The van der Waals surface area contributed by atoms with Crippen LogP contribution in [0.15, 0.2) is 78.0 Å². The Kier molecular flexibility index (Phi) is 5.99. The summed E-state index contributed by atoms with van der Waals surface area (Å²) in [7, 11) is 1.63. The SMILES string of the molecule is COc1ccccc1-c1nnc(SCc2cccc([N+](=O)[O-])c2)n1-c1ccc(C)cc1. The molecule has 0 saturated heterocycles. The predicted molar refractivity (Wildman–Crippen MR) is 121 cm³/mol. The van der Waals surface area contributed by atoms with Gasteiger partial charge in [0, 0.05) is 23.6 Å². The van der Waals surface area contributed by atoms with Crippen molar-refractivity contribution < 1.29 is 9.66 Å². The van der Waals surface area contributed by atoms with E-state index < -0.39 is 0 Å². The van der Waals surface area contributed by atoms with Gasteiger partial charge in [-0.1, -0.05) is 53.7 Å². The number of nitro groups is 1. The van der Waals surface area contributed by atoms with Crippen LogP contribution in [-0.4, -0.2) is 26.8 Å². The number of hydrogen-bond acceptors (Lipinski definition) is 6. The van der Waals surface area contributed by atoms with Crippen molar-refractivity contribution in [3.8, 4) is 22.8 Å². The van der Waals surface area contributed by atoms with Crippen LogP contribution in [0.25, 0.3) is 17.1 Å². The molecule has 0 fully saturated rings.